The van der Waals surface area contributed by atoms with Crippen LogP contribution in [0.25, 0.3) is 0 Å². The predicted molar refractivity (Wildman–Crippen MR) is 83.7 cm³/mol. The summed E-state index contributed by atoms with van der Waals surface area (Å²) in [6.45, 7) is 0. The molecule has 0 aliphatic heterocycles. The van der Waals surface area contributed by atoms with Crippen LogP contribution in [0.4, 0.5) is 0 Å². The second kappa shape index (κ2) is 6.46. The van der Waals surface area contributed by atoms with Crippen molar-refractivity contribution in [2.75, 3.05) is 14.2 Å². The van der Waals surface area contributed by atoms with Crippen molar-refractivity contribution in [2.45, 2.75) is 4.21 Å². The Morgan fingerprint density at radius 3 is 2.62 bits per heavy atom. The van der Waals surface area contributed by atoms with Gasteiger partial charge in [-0.2, -0.15) is 12.8 Å². The normalized spacial score (nSPS) is 11.8. The van der Waals surface area contributed by atoms with Crippen LogP contribution in [0.15, 0.2) is 38.3 Å². The summed E-state index contributed by atoms with van der Waals surface area (Å²) in [5.41, 5.74) is 0.498. The molecule has 0 radical (unpaired) electrons. The summed E-state index contributed by atoms with van der Waals surface area (Å²) < 4.78 is 38.0. The molecule has 21 heavy (non-hydrogen) atoms. The third-order valence-electron chi connectivity index (χ3n) is 2.55. The fourth-order valence-corrected chi connectivity index (χ4v) is 3.75. The van der Waals surface area contributed by atoms with Gasteiger partial charge in [0.2, 0.25) is 0 Å². The summed E-state index contributed by atoms with van der Waals surface area (Å²) in [5.74, 6) is 0.789. The fourth-order valence-electron chi connectivity index (χ4n) is 1.60. The Balaban J connectivity index is 2.36. The van der Waals surface area contributed by atoms with Crippen LogP contribution in [0, 0.1) is 0 Å². The number of hydrogen-bond donors (Lipinski definition) is 0. The Morgan fingerprint density at radius 2 is 2.05 bits per heavy atom. The van der Waals surface area contributed by atoms with Gasteiger partial charge in [-0.15, -0.1) is 11.3 Å². The molecule has 0 fully saturated rings. The van der Waals surface area contributed by atoms with Gasteiger partial charge >= 0.3 is 0 Å². The van der Waals surface area contributed by atoms with Crippen molar-refractivity contribution >= 4 is 39.2 Å². The first kappa shape index (κ1) is 15.8. The van der Waals surface area contributed by atoms with Crippen molar-refractivity contribution in [3.8, 4) is 11.5 Å². The van der Waals surface area contributed by atoms with E-state index in [2.05, 4.69) is 4.40 Å². The minimum atomic E-state index is -3.69. The molecular weight excluding hydrogens is 334 g/mol. The number of nitrogens with zero attached hydrogens (tertiary/aromatic N) is 1. The first-order chi connectivity index (χ1) is 9.97. The molecule has 1 aromatic heterocycles. The van der Waals surface area contributed by atoms with Gasteiger partial charge < -0.3 is 9.47 Å². The number of rotatable bonds is 5. The summed E-state index contributed by atoms with van der Waals surface area (Å²) in [4.78, 5) is 0. The maximum Gasteiger partial charge on any atom is 0.291 e. The first-order valence-electron chi connectivity index (χ1n) is 5.73. The summed E-state index contributed by atoms with van der Waals surface area (Å²) in [6, 6.07) is 6.30. The summed E-state index contributed by atoms with van der Waals surface area (Å²) in [5, 5.41) is 1.99. The highest BCUT2D eigenvalue weighted by molar-refractivity contribution is 7.92. The molecule has 0 saturated heterocycles. The molecule has 0 atom stereocenters. The monoisotopic (exact) mass is 345 g/mol. The van der Waals surface area contributed by atoms with Crippen LogP contribution in [0.1, 0.15) is 5.56 Å². The van der Waals surface area contributed by atoms with Gasteiger partial charge in [0.05, 0.1) is 19.2 Å². The van der Waals surface area contributed by atoms with Crippen molar-refractivity contribution in [3.05, 3.63) is 40.2 Å². The van der Waals surface area contributed by atoms with Gasteiger partial charge in [-0.1, -0.05) is 17.7 Å². The lowest BCUT2D eigenvalue weighted by atomic mass is 10.2. The average molecular weight is 346 g/mol. The Morgan fingerprint density at radius 1 is 1.29 bits per heavy atom. The van der Waals surface area contributed by atoms with Gasteiger partial charge in [0.1, 0.15) is 4.21 Å². The SMILES string of the molecule is COc1cc(/C=N\S(=O)(=O)c2cccs2)cc(Cl)c1OC. The van der Waals surface area contributed by atoms with Gasteiger partial charge in [0, 0.05) is 6.21 Å². The van der Waals surface area contributed by atoms with E-state index < -0.39 is 10.0 Å². The van der Waals surface area contributed by atoms with Crippen LogP contribution in [-0.4, -0.2) is 28.9 Å². The molecule has 0 bridgehead atoms. The Hall–Kier alpha value is -1.57. The average Bonchev–Trinajstić information content (AvgIpc) is 2.99. The second-order valence-electron chi connectivity index (χ2n) is 3.88. The molecule has 0 aliphatic rings. The largest absolute Gasteiger partial charge is 0.493 e. The number of ether oxygens (including phenoxy) is 2. The molecule has 5 nitrogen and oxygen atoms in total. The summed E-state index contributed by atoms with van der Waals surface area (Å²) >= 11 is 7.16. The van der Waals surface area contributed by atoms with Gasteiger partial charge in [0.25, 0.3) is 10.0 Å². The van der Waals surface area contributed by atoms with Crippen molar-refractivity contribution in [1.29, 1.82) is 0 Å². The minimum Gasteiger partial charge on any atom is -0.493 e. The van der Waals surface area contributed by atoms with Crippen LogP contribution >= 0.6 is 22.9 Å². The summed E-state index contributed by atoms with van der Waals surface area (Å²) in [6.07, 6.45) is 1.23. The molecule has 1 aromatic carbocycles. The Kier molecular flexibility index (Phi) is 4.87. The molecular formula is C13H12ClNO4S2. The van der Waals surface area contributed by atoms with Gasteiger partial charge in [-0.3, -0.25) is 0 Å². The molecule has 2 aromatic rings. The van der Waals surface area contributed by atoms with E-state index in [1.165, 1.54) is 26.5 Å². The first-order valence-corrected chi connectivity index (χ1v) is 8.43. The van der Waals surface area contributed by atoms with E-state index >= 15 is 0 Å². The zero-order valence-corrected chi connectivity index (χ0v) is 13.6. The van der Waals surface area contributed by atoms with E-state index in [1.54, 1.807) is 23.6 Å². The Bertz CT molecular complexity index is 755. The molecule has 0 aliphatic carbocycles. The third-order valence-corrected chi connectivity index (χ3v) is 5.44. The van der Waals surface area contributed by atoms with Crippen LogP contribution in [0.5, 0.6) is 11.5 Å². The smallest absolute Gasteiger partial charge is 0.291 e. The molecule has 0 spiro atoms. The highest BCUT2D eigenvalue weighted by Crippen LogP contribution is 2.35. The zero-order chi connectivity index (χ0) is 15.5. The lowest BCUT2D eigenvalue weighted by molar-refractivity contribution is 0.355. The number of sulfonamides is 1. The highest BCUT2D eigenvalue weighted by Gasteiger charge is 2.14. The van der Waals surface area contributed by atoms with Crippen LogP contribution in [0.3, 0.4) is 0 Å². The molecule has 1 heterocycles. The maximum atomic E-state index is 12.0. The zero-order valence-electron chi connectivity index (χ0n) is 11.2. The number of methoxy groups -OCH3 is 2. The van der Waals surface area contributed by atoms with E-state index in [0.717, 1.165) is 11.3 Å². The van der Waals surface area contributed by atoms with Crippen LogP contribution in [0.2, 0.25) is 5.02 Å². The second-order valence-corrected chi connectivity index (χ2v) is 7.09. The van der Waals surface area contributed by atoms with Gasteiger partial charge in [-0.05, 0) is 29.1 Å². The third kappa shape index (κ3) is 3.55. The van der Waals surface area contributed by atoms with Crippen LogP contribution in [-0.2, 0) is 10.0 Å². The molecule has 2 rings (SSSR count). The van der Waals surface area contributed by atoms with E-state index in [1.807, 2.05) is 0 Å². The lowest BCUT2D eigenvalue weighted by Crippen LogP contribution is -1.97. The lowest BCUT2D eigenvalue weighted by Gasteiger charge is -2.09. The number of benzene rings is 1. The minimum absolute atomic E-state index is 0.185. The van der Waals surface area contributed by atoms with Crippen molar-refractivity contribution in [3.63, 3.8) is 0 Å². The van der Waals surface area contributed by atoms with Crippen molar-refractivity contribution in [1.82, 2.24) is 0 Å². The molecule has 0 N–H and O–H groups in total. The van der Waals surface area contributed by atoms with E-state index in [0.29, 0.717) is 22.1 Å². The van der Waals surface area contributed by atoms with E-state index in [-0.39, 0.29) is 4.21 Å². The van der Waals surface area contributed by atoms with Crippen LogP contribution < -0.4 is 9.47 Å². The standard InChI is InChI=1S/C13H12ClNO4S2/c1-18-11-7-9(6-10(14)13(11)19-2)8-15-21(16,17)12-4-3-5-20-12/h3-8H,1-2H3/b15-8-. The van der Waals surface area contributed by atoms with Gasteiger partial charge in [0.15, 0.2) is 11.5 Å². The number of hydrogen-bond acceptors (Lipinski definition) is 5. The molecule has 8 heteroatoms. The summed E-state index contributed by atoms with van der Waals surface area (Å²) in [7, 11) is -0.750. The molecule has 0 unspecified atom stereocenters. The van der Waals surface area contributed by atoms with Crippen molar-refractivity contribution in [2.24, 2.45) is 4.40 Å². The molecule has 0 saturated carbocycles. The number of thiophene rings is 1. The van der Waals surface area contributed by atoms with E-state index in [9.17, 15) is 8.42 Å². The highest BCUT2D eigenvalue weighted by atomic mass is 35.5. The maximum absolute atomic E-state index is 12.0. The van der Waals surface area contributed by atoms with Gasteiger partial charge in [-0.25, -0.2) is 0 Å². The molecule has 0 amide bonds. The Labute approximate surface area is 131 Å². The quantitative estimate of drug-likeness (QED) is 0.780. The van der Waals surface area contributed by atoms with E-state index in [4.69, 9.17) is 21.1 Å². The number of halogens is 1. The van der Waals surface area contributed by atoms with Crippen molar-refractivity contribution < 1.29 is 17.9 Å². The molecule has 112 valence electrons. The predicted octanol–water partition coefficient (Wildman–Crippen LogP) is 3.23. The fraction of sp³-hybridized carbons (Fsp3) is 0.154. The topological polar surface area (TPSA) is 65.0 Å².